The zero-order valence-electron chi connectivity index (χ0n) is 11.8. The fraction of sp³-hybridized carbons (Fsp3) is 0.538. The van der Waals surface area contributed by atoms with E-state index in [9.17, 15) is 13.5 Å². The summed E-state index contributed by atoms with van der Waals surface area (Å²) in [6.07, 6.45) is 0. The Kier molecular flexibility index (Phi) is 4.60. The van der Waals surface area contributed by atoms with Crippen molar-refractivity contribution >= 4 is 15.7 Å². The number of aryl methyl sites for hydroxylation is 1. The van der Waals surface area contributed by atoms with Gasteiger partial charge in [-0.1, -0.05) is 6.92 Å². The molecule has 0 heterocycles. The van der Waals surface area contributed by atoms with Crippen LogP contribution in [0.1, 0.15) is 26.3 Å². The summed E-state index contributed by atoms with van der Waals surface area (Å²) < 4.78 is 26.4. The molecule has 0 spiro atoms. The first-order valence-corrected chi connectivity index (χ1v) is 7.60. The van der Waals surface area contributed by atoms with Crippen molar-refractivity contribution in [3.8, 4) is 0 Å². The molecule has 0 amide bonds. The van der Waals surface area contributed by atoms with Crippen LogP contribution in [-0.2, 0) is 10.0 Å². The summed E-state index contributed by atoms with van der Waals surface area (Å²) >= 11 is 0. The summed E-state index contributed by atoms with van der Waals surface area (Å²) in [5.74, 6) is 0. The number of benzene rings is 1. The lowest BCUT2D eigenvalue weighted by Gasteiger charge is -2.28. The van der Waals surface area contributed by atoms with E-state index in [2.05, 4.69) is 0 Å². The van der Waals surface area contributed by atoms with Crippen LogP contribution in [0.3, 0.4) is 0 Å². The van der Waals surface area contributed by atoms with Gasteiger partial charge in [0.25, 0.3) is 0 Å². The molecule has 0 aliphatic heterocycles. The van der Waals surface area contributed by atoms with Gasteiger partial charge in [0.05, 0.1) is 10.5 Å². The second-order valence-electron chi connectivity index (χ2n) is 5.27. The second kappa shape index (κ2) is 5.48. The topological polar surface area (TPSA) is 83.6 Å². The molecule has 3 N–H and O–H groups in total. The molecule has 0 aliphatic carbocycles. The van der Waals surface area contributed by atoms with Crippen LogP contribution >= 0.6 is 0 Å². The molecular weight excluding hydrogens is 264 g/mol. The van der Waals surface area contributed by atoms with Gasteiger partial charge >= 0.3 is 0 Å². The lowest BCUT2D eigenvalue weighted by molar-refractivity contribution is 0.0601. The van der Waals surface area contributed by atoms with Gasteiger partial charge in [0.2, 0.25) is 10.0 Å². The van der Waals surface area contributed by atoms with Crippen LogP contribution in [0.15, 0.2) is 23.1 Å². The Labute approximate surface area is 115 Å². The molecular formula is C13H22N2O3S. The molecule has 0 atom stereocenters. The Morgan fingerprint density at radius 3 is 2.37 bits per heavy atom. The third kappa shape index (κ3) is 3.92. The summed E-state index contributed by atoms with van der Waals surface area (Å²) in [7, 11) is -3.61. The van der Waals surface area contributed by atoms with Crippen molar-refractivity contribution in [3.05, 3.63) is 23.8 Å². The van der Waals surface area contributed by atoms with Gasteiger partial charge in [-0.15, -0.1) is 0 Å². The highest BCUT2D eigenvalue weighted by Crippen LogP contribution is 2.23. The molecule has 0 bridgehead atoms. The quantitative estimate of drug-likeness (QED) is 0.801. The zero-order valence-corrected chi connectivity index (χ0v) is 12.7. The van der Waals surface area contributed by atoms with Gasteiger partial charge in [-0.25, -0.2) is 8.42 Å². The molecule has 0 radical (unpaired) electrons. The van der Waals surface area contributed by atoms with Crippen molar-refractivity contribution in [1.29, 1.82) is 0 Å². The maximum absolute atomic E-state index is 12.5. The van der Waals surface area contributed by atoms with E-state index in [1.54, 1.807) is 39.8 Å². The Bertz CT molecular complexity index is 547. The number of sulfonamides is 1. The SMILES string of the molecule is CCN(CC(C)(C)O)S(=O)(=O)c1ccc(N)cc1C. The summed E-state index contributed by atoms with van der Waals surface area (Å²) in [5, 5.41) is 9.82. The van der Waals surface area contributed by atoms with Crippen molar-refractivity contribution in [2.75, 3.05) is 18.8 Å². The Morgan fingerprint density at radius 1 is 1.37 bits per heavy atom. The number of hydrogen-bond acceptors (Lipinski definition) is 4. The van der Waals surface area contributed by atoms with E-state index in [1.807, 2.05) is 0 Å². The molecule has 1 aromatic carbocycles. The predicted octanol–water partition coefficient (Wildman–Crippen LogP) is 1.36. The van der Waals surface area contributed by atoms with E-state index in [1.165, 1.54) is 10.4 Å². The first-order chi connectivity index (χ1) is 8.58. The number of anilines is 1. The second-order valence-corrected chi connectivity index (χ2v) is 7.17. The van der Waals surface area contributed by atoms with E-state index in [0.29, 0.717) is 17.8 Å². The summed E-state index contributed by atoms with van der Waals surface area (Å²) in [6.45, 7) is 6.98. The van der Waals surface area contributed by atoms with Gasteiger partial charge in [-0.3, -0.25) is 0 Å². The monoisotopic (exact) mass is 286 g/mol. The molecule has 108 valence electrons. The molecule has 0 aromatic heterocycles. The lowest BCUT2D eigenvalue weighted by atomic mass is 10.1. The molecule has 0 unspecified atom stereocenters. The van der Waals surface area contributed by atoms with Gasteiger partial charge in [0, 0.05) is 18.8 Å². The molecule has 19 heavy (non-hydrogen) atoms. The number of nitrogens with zero attached hydrogens (tertiary/aromatic N) is 1. The highest BCUT2D eigenvalue weighted by atomic mass is 32.2. The standard InChI is InChI=1S/C13H22N2O3S/c1-5-15(9-13(3,4)16)19(17,18)12-7-6-11(14)8-10(12)2/h6-8,16H,5,9,14H2,1-4H3. The average Bonchev–Trinajstić information content (AvgIpc) is 2.23. The van der Waals surface area contributed by atoms with Crippen LogP contribution in [0.4, 0.5) is 5.69 Å². The molecule has 1 aromatic rings. The number of hydrogen-bond donors (Lipinski definition) is 2. The van der Waals surface area contributed by atoms with Crippen LogP contribution in [-0.4, -0.2) is 36.5 Å². The van der Waals surface area contributed by atoms with Gasteiger partial charge in [0.1, 0.15) is 0 Å². The molecule has 1 rings (SSSR count). The van der Waals surface area contributed by atoms with Crippen molar-refractivity contribution in [1.82, 2.24) is 4.31 Å². The van der Waals surface area contributed by atoms with Crippen molar-refractivity contribution in [2.45, 2.75) is 38.2 Å². The first-order valence-electron chi connectivity index (χ1n) is 6.16. The van der Waals surface area contributed by atoms with Crippen LogP contribution < -0.4 is 5.73 Å². The molecule has 0 aliphatic rings. The number of aliphatic hydroxyl groups is 1. The van der Waals surface area contributed by atoms with Gasteiger partial charge < -0.3 is 10.8 Å². The minimum atomic E-state index is -3.61. The van der Waals surface area contributed by atoms with E-state index >= 15 is 0 Å². The maximum Gasteiger partial charge on any atom is 0.243 e. The molecule has 6 heteroatoms. The van der Waals surface area contributed by atoms with E-state index in [4.69, 9.17) is 5.73 Å². The van der Waals surface area contributed by atoms with Crippen LogP contribution in [0.25, 0.3) is 0 Å². The zero-order chi connectivity index (χ0) is 14.8. The van der Waals surface area contributed by atoms with Gasteiger partial charge in [-0.2, -0.15) is 4.31 Å². The smallest absolute Gasteiger partial charge is 0.243 e. The largest absolute Gasteiger partial charge is 0.399 e. The Hall–Kier alpha value is -1.11. The number of nitrogen functional groups attached to an aromatic ring is 1. The third-order valence-electron chi connectivity index (χ3n) is 2.73. The van der Waals surface area contributed by atoms with E-state index in [-0.39, 0.29) is 11.4 Å². The summed E-state index contributed by atoms with van der Waals surface area (Å²) in [5.41, 5.74) is 5.69. The highest BCUT2D eigenvalue weighted by molar-refractivity contribution is 7.89. The van der Waals surface area contributed by atoms with E-state index < -0.39 is 15.6 Å². The Morgan fingerprint density at radius 2 is 1.95 bits per heavy atom. The van der Waals surface area contributed by atoms with Gasteiger partial charge in [-0.05, 0) is 44.5 Å². The molecule has 0 saturated carbocycles. The third-order valence-corrected chi connectivity index (χ3v) is 4.81. The molecule has 0 fully saturated rings. The van der Waals surface area contributed by atoms with Crippen LogP contribution in [0, 0.1) is 6.92 Å². The molecule has 0 saturated heterocycles. The van der Waals surface area contributed by atoms with Crippen LogP contribution in [0.2, 0.25) is 0 Å². The predicted molar refractivity (Wildman–Crippen MR) is 76.3 cm³/mol. The lowest BCUT2D eigenvalue weighted by Crippen LogP contribution is -2.42. The van der Waals surface area contributed by atoms with Crippen molar-refractivity contribution in [2.24, 2.45) is 0 Å². The van der Waals surface area contributed by atoms with Crippen molar-refractivity contribution < 1.29 is 13.5 Å². The summed E-state index contributed by atoms with van der Waals surface area (Å²) in [6, 6.07) is 4.70. The average molecular weight is 286 g/mol. The normalized spacial score (nSPS) is 12.9. The minimum Gasteiger partial charge on any atom is -0.399 e. The van der Waals surface area contributed by atoms with E-state index in [0.717, 1.165) is 0 Å². The van der Waals surface area contributed by atoms with Gasteiger partial charge in [0.15, 0.2) is 0 Å². The number of rotatable bonds is 5. The number of likely N-dealkylation sites (N-methyl/N-ethyl adjacent to an activating group) is 1. The Balaban J connectivity index is 3.21. The first kappa shape index (κ1) is 15.9. The fourth-order valence-electron chi connectivity index (χ4n) is 1.90. The highest BCUT2D eigenvalue weighted by Gasteiger charge is 2.29. The fourth-order valence-corrected chi connectivity index (χ4v) is 3.71. The van der Waals surface area contributed by atoms with Crippen molar-refractivity contribution in [3.63, 3.8) is 0 Å². The number of nitrogens with two attached hydrogens (primary N) is 1. The molecule has 5 nitrogen and oxygen atoms in total. The minimum absolute atomic E-state index is 0.0512. The summed E-state index contributed by atoms with van der Waals surface area (Å²) in [4.78, 5) is 0.229. The maximum atomic E-state index is 12.5. The van der Waals surface area contributed by atoms with Crippen LogP contribution in [0.5, 0.6) is 0 Å².